The van der Waals surface area contributed by atoms with Crippen LogP contribution in [0.1, 0.15) is 8.80 Å². The summed E-state index contributed by atoms with van der Waals surface area (Å²) in [5.41, 5.74) is 10.6. The van der Waals surface area contributed by atoms with Crippen molar-refractivity contribution in [1.29, 1.82) is 0 Å². The first-order valence-electron chi connectivity index (χ1n) is 16.6. The fraction of sp³-hybridized carbons (Fsp3) is 0.0455. The smallest absolute Gasteiger partial charge is 0.0541 e. The van der Waals surface area contributed by atoms with Crippen molar-refractivity contribution in [3.63, 3.8) is 0 Å². The largest absolute Gasteiger partial charge is 0.309 e. The zero-order chi connectivity index (χ0) is 32.2. The second-order valence-electron chi connectivity index (χ2n) is 11.8. The van der Waals surface area contributed by atoms with Crippen LogP contribution >= 0.6 is 9.24 Å². The SMILES string of the molecule is C.[3H]CP.c1ccc2c(c1)c1ccccc1n2-c1cc(-n2c3ccccc3c3ccccc32)cc(-n2c3ccccc3c3ccccc32)c1. The van der Waals surface area contributed by atoms with Crippen molar-refractivity contribution in [3.05, 3.63) is 164 Å². The molecule has 0 aliphatic rings. The lowest BCUT2D eigenvalue weighted by molar-refractivity contribution is 1.10. The maximum Gasteiger partial charge on any atom is 0.0541 e. The standard InChI is InChI=1S/C42H27N3.CH5P.CH4/c1-7-19-37-31(13-1)32-14-2-8-20-38(32)43(37)28-25-29(44-39-21-9-3-15-33(39)34-16-4-10-22-40(34)44)27-30(26-28)45-41-23-11-5-17-35(41)36-18-6-12-24-42(36)45;1-2;/h1-27H;2H2,1H3;1H4/i;1T;. The van der Waals surface area contributed by atoms with E-state index < -0.39 is 0 Å². The average Bonchev–Trinajstić information content (AvgIpc) is 3.78. The fourth-order valence-corrected chi connectivity index (χ4v) is 7.57. The molecule has 0 fully saturated rings. The zero-order valence-electron chi connectivity index (χ0n) is 26.7. The van der Waals surface area contributed by atoms with Gasteiger partial charge in [-0.15, -0.1) is 9.24 Å². The molecular weight excluding hydrogens is 601 g/mol. The summed E-state index contributed by atoms with van der Waals surface area (Å²) in [6.45, 7) is 0.417. The van der Waals surface area contributed by atoms with Crippen molar-refractivity contribution in [1.82, 2.24) is 13.7 Å². The van der Waals surface area contributed by atoms with Crippen molar-refractivity contribution in [2.75, 3.05) is 6.64 Å². The fourth-order valence-electron chi connectivity index (χ4n) is 7.57. The van der Waals surface area contributed by atoms with E-state index in [0.717, 1.165) is 17.1 Å². The molecule has 10 rings (SSSR count). The number of benzene rings is 7. The van der Waals surface area contributed by atoms with Crippen molar-refractivity contribution < 1.29 is 1.37 Å². The quantitative estimate of drug-likeness (QED) is 0.171. The monoisotopic (exact) mass is 639 g/mol. The Bertz CT molecular complexity index is 2330. The molecule has 1 unspecified atom stereocenters. The number of para-hydroxylation sites is 6. The molecule has 3 nitrogen and oxygen atoms in total. The van der Waals surface area contributed by atoms with Gasteiger partial charge in [0, 0.05) is 33.7 Å². The predicted molar refractivity (Wildman–Crippen MR) is 212 cm³/mol. The highest BCUT2D eigenvalue weighted by molar-refractivity contribution is 7.15. The van der Waals surface area contributed by atoms with E-state index in [0.29, 0.717) is 6.64 Å². The molecule has 1 atom stereocenters. The van der Waals surface area contributed by atoms with Gasteiger partial charge in [0.2, 0.25) is 0 Å². The number of rotatable bonds is 3. The van der Waals surface area contributed by atoms with Gasteiger partial charge in [-0.2, -0.15) is 0 Å². The molecule has 0 saturated heterocycles. The lowest BCUT2D eigenvalue weighted by Crippen LogP contribution is -2.03. The molecule has 48 heavy (non-hydrogen) atoms. The summed E-state index contributed by atoms with van der Waals surface area (Å²) in [5, 5.41) is 7.55. The van der Waals surface area contributed by atoms with Crippen LogP contribution < -0.4 is 0 Å². The van der Waals surface area contributed by atoms with E-state index in [1.54, 1.807) is 0 Å². The second kappa shape index (κ2) is 11.9. The topological polar surface area (TPSA) is 14.8 Å². The third-order valence-corrected chi connectivity index (χ3v) is 9.40. The molecule has 0 N–H and O–H groups in total. The van der Waals surface area contributed by atoms with Crippen LogP contribution in [0.25, 0.3) is 82.5 Å². The van der Waals surface area contributed by atoms with Gasteiger partial charge in [-0.25, -0.2) is 0 Å². The maximum absolute atomic E-state index is 6.17. The summed E-state index contributed by atoms with van der Waals surface area (Å²) in [6, 6.07) is 59.6. The number of hydrogen-bond acceptors (Lipinski definition) is 0. The summed E-state index contributed by atoms with van der Waals surface area (Å²) in [6.07, 6.45) is 0. The maximum atomic E-state index is 6.17. The highest BCUT2D eigenvalue weighted by Gasteiger charge is 2.19. The van der Waals surface area contributed by atoms with Gasteiger partial charge in [-0.3, -0.25) is 0 Å². The summed E-state index contributed by atoms with van der Waals surface area (Å²) in [7, 11) is 2.25. The number of nitrogens with zero attached hydrogens (tertiary/aromatic N) is 3. The van der Waals surface area contributed by atoms with Crippen LogP contribution in [-0.4, -0.2) is 20.3 Å². The Balaban J connectivity index is 0.000000843. The second-order valence-corrected chi connectivity index (χ2v) is 11.8. The summed E-state index contributed by atoms with van der Waals surface area (Å²) in [4.78, 5) is 0. The van der Waals surface area contributed by atoms with Gasteiger partial charge in [-0.05, 0) is 54.6 Å². The highest BCUT2D eigenvalue weighted by Crippen LogP contribution is 2.38. The first-order chi connectivity index (χ1) is 23.8. The number of fused-ring (bicyclic) bond motifs is 9. The third-order valence-electron chi connectivity index (χ3n) is 9.40. The molecule has 0 bridgehead atoms. The predicted octanol–water partition coefficient (Wildman–Crippen LogP) is 12.1. The minimum absolute atomic E-state index is 0. The van der Waals surface area contributed by atoms with E-state index >= 15 is 0 Å². The number of aromatic nitrogens is 3. The first kappa shape index (κ1) is 28.6. The van der Waals surface area contributed by atoms with Crippen LogP contribution in [0.3, 0.4) is 0 Å². The van der Waals surface area contributed by atoms with E-state index in [2.05, 4.69) is 187 Å². The Kier molecular flexibility index (Phi) is 7.07. The summed E-state index contributed by atoms with van der Waals surface area (Å²) < 4.78 is 13.5. The van der Waals surface area contributed by atoms with Gasteiger partial charge >= 0.3 is 0 Å². The minimum atomic E-state index is 0. The van der Waals surface area contributed by atoms with Gasteiger partial charge in [0.25, 0.3) is 0 Å². The van der Waals surface area contributed by atoms with E-state index in [-0.39, 0.29) is 7.43 Å². The lowest BCUT2D eigenvalue weighted by atomic mass is 10.2. The van der Waals surface area contributed by atoms with E-state index in [9.17, 15) is 0 Å². The molecule has 0 aliphatic heterocycles. The van der Waals surface area contributed by atoms with Gasteiger partial charge in [-0.1, -0.05) is 123 Å². The molecule has 3 aromatic heterocycles. The highest BCUT2D eigenvalue weighted by atomic mass is 31.0. The van der Waals surface area contributed by atoms with Crippen LogP contribution in [0, 0.1) is 0 Å². The van der Waals surface area contributed by atoms with Crippen molar-refractivity contribution in [2.45, 2.75) is 7.43 Å². The van der Waals surface area contributed by atoms with Crippen molar-refractivity contribution in [2.24, 2.45) is 0 Å². The van der Waals surface area contributed by atoms with Crippen LogP contribution in [0.4, 0.5) is 0 Å². The van der Waals surface area contributed by atoms with Gasteiger partial charge in [0.05, 0.1) is 50.2 Å². The molecule has 0 saturated carbocycles. The molecule has 7 aromatic carbocycles. The normalized spacial score (nSPS) is 11.6. The van der Waals surface area contributed by atoms with Gasteiger partial charge < -0.3 is 13.7 Å². The van der Waals surface area contributed by atoms with Crippen LogP contribution in [-0.2, 0) is 0 Å². The molecule has 232 valence electrons. The molecule has 0 amide bonds. The van der Waals surface area contributed by atoms with Crippen LogP contribution in [0.2, 0.25) is 0 Å². The lowest BCUT2D eigenvalue weighted by Gasteiger charge is -2.17. The molecule has 10 aromatic rings. The Labute approximate surface area is 283 Å². The molecule has 3 heterocycles. The third kappa shape index (κ3) is 4.32. The summed E-state index contributed by atoms with van der Waals surface area (Å²) in [5.74, 6) is 0. The van der Waals surface area contributed by atoms with Crippen LogP contribution in [0.5, 0.6) is 0 Å². The molecule has 0 spiro atoms. The summed E-state index contributed by atoms with van der Waals surface area (Å²) >= 11 is 0. The zero-order valence-corrected chi connectivity index (χ0v) is 26.9. The van der Waals surface area contributed by atoms with Gasteiger partial charge in [0.1, 0.15) is 0 Å². The Hall–Kier alpha value is -5.63. The van der Waals surface area contributed by atoms with E-state index in [1.165, 1.54) is 65.4 Å². The molecule has 0 aliphatic carbocycles. The Morgan fingerprint density at radius 2 is 0.521 bits per heavy atom. The first-order valence-corrected chi connectivity index (χ1v) is 16.7. The van der Waals surface area contributed by atoms with Crippen LogP contribution in [0.15, 0.2) is 164 Å². The van der Waals surface area contributed by atoms with E-state index in [1.807, 2.05) is 0 Å². The molecule has 0 radical (unpaired) electrons. The van der Waals surface area contributed by atoms with E-state index in [4.69, 9.17) is 1.37 Å². The van der Waals surface area contributed by atoms with Crippen molar-refractivity contribution in [3.8, 4) is 17.1 Å². The Morgan fingerprint density at radius 3 is 0.708 bits per heavy atom. The van der Waals surface area contributed by atoms with Gasteiger partial charge in [0.15, 0.2) is 0 Å². The minimum Gasteiger partial charge on any atom is -0.309 e. The average molecular weight is 640 g/mol. The molecule has 4 heteroatoms. The Morgan fingerprint density at radius 1 is 0.354 bits per heavy atom. The number of hydrogen-bond donors (Lipinski definition) is 0. The van der Waals surface area contributed by atoms with Crippen molar-refractivity contribution >= 4 is 74.7 Å². The molecular formula is C44H36N3P.